The van der Waals surface area contributed by atoms with Crippen molar-refractivity contribution in [3.63, 3.8) is 0 Å². The van der Waals surface area contributed by atoms with Gasteiger partial charge in [-0.2, -0.15) is 0 Å². The second-order valence-corrected chi connectivity index (χ2v) is 6.03. The van der Waals surface area contributed by atoms with Gasteiger partial charge in [0.2, 0.25) is 0 Å². The fraction of sp³-hybridized carbons (Fsp3) is 0.375. The maximum Gasteiger partial charge on any atom is 0.0525 e. The fourth-order valence-electron chi connectivity index (χ4n) is 2.15. The van der Waals surface area contributed by atoms with Crippen LogP contribution in [0.25, 0.3) is 0 Å². The summed E-state index contributed by atoms with van der Waals surface area (Å²) >= 11 is 1.82. The predicted octanol–water partition coefficient (Wildman–Crippen LogP) is 3.88. The number of thiophene rings is 1. The average molecular weight is 274 g/mol. The topological polar surface area (TPSA) is 15.3 Å². The summed E-state index contributed by atoms with van der Waals surface area (Å²) in [5.74, 6) is 0. The van der Waals surface area contributed by atoms with Crippen LogP contribution >= 0.6 is 11.3 Å². The summed E-state index contributed by atoms with van der Waals surface area (Å²) in [4.78, 5) is 3.85. The van der Waals surface area contributed by atoms with Crippen molar-refractivity contribution < 1.29 is 0 Å². The molecule has 2 nitrogen and oxygen atoms in total. The standard InChI is InChI=1S/C16H22N2S/c1-13(2)18(12-16-5-4-10-19-16)15-8-6-14(7-9-15)11-17-3/h4-10,13,17H,11-12H2,1-3H3. The lowest BCUT2D eigenvalue weighted by Gasteiger charge is -2.28. The van der Waals surface area contributed by atoms with Gasteiger partial charge < -0.3 is 10.2 Å². The molecule has 2 aromatic rings. The number of hydrogen-bond donors (Lipinski definition) is 1. The molecule has 0 radical (unpaired) electrons. The molecule has 0 aliphatic carbocycles. The highest BCUT2D eigenvalue weighted by Gasteiger charge is 2.11. The van der Waals surface area contributed by atoms with E-state index >= 15 is 0 Å². The molecule has 1 heterocycles. The molecule has 19 heavy (non-hydrogen) atoms. The first kappa shape index (κ1) is 14.1. The number of rotatable bonds is 6. The fourth-order valence-corrected chi connectivity index (χ4v) is 2.85. The van der Waals surface area contributed by atoms with E-state index in [2.05, 4.69) is 65.8 Å². The highest BCUT2D eigenvalue weighted by atomic mass is 32.1. The van der Waals surface area contributed by atoms with Crippen molar-refractivity contribution in [1.29, 1.82) is 0 Å². The maximum absolute atomic E-state index is 3.18. The van der Waals surface area contributed by atoms with E-state index in [0.717, 1.165) is 13.1 Å². The van der Waals surface area contributed by atoms with Crippen LogP contribution in [0.2, 0.25) is 0 Å². The monoisotopic (exact) mass is 274 g/mol. The Bertz CT molecular complexity index is 474. The Morgan fingerprint density at radius 3 is 2.42 bits per heavy atom. The van der Waals surface area contributed by atoms with Crippen LogP contribution < -0.4 is 10.2 Å². The Morgan fingerprint density at radius 1 is 1.16 bits per heavy atom. The van der Waals surface area contributed by atoms with E-state index < -0.39 is 0 Å². The second-order valence-electron chi connectivity index (χ2n) is 5.00. The average Bonchev–Trinajstić information content (AvgIpc) is 2.90. The van der Waals surface area contributed by atoms with E-state index in [4.69, 9.17) is 0 Å². The third-order valence-corrected chi connectivity index (χ3v) is 4.04. The van der Waals surface area contributed by atoms with Gasteiger partial charge >= 0.3 is 0 Å². The van der Waals surface area contributed by atoms with Crippen LogP contribution in [0.4, 0.5) is 5.69 Å². The first-order valence-corrected chi connectivity index (χ1v) is 7.61. The summed E-state index contributed by atoms with van der Waals surface area (Å²) < 4.78 is 0. The van der Waals surface area contributed by atoms with Crippen LogP contribution in [0.5, 0.6) is 0 Å². The third kappa shape index (κ3) is 3.82. The van der Waals surface area contributed by atoms with Crippen LogP contribution in [-0.2, 0) is 13.1 Å². The van der Waals surface area contributed by atoms with Gasteiger partial charge in [-0.15, -0.1) is 11.3 Å². The SMILES string of the molecule is CNCc1ccc(N(Cc2cccs2)C(C)C)cc1. The molecule has 1 aromatic carbocycles. The molecule has 102 valence electrons. The lowest BCUT2D eigenvalue weighted by atomic mass is 10.1. The Hall–Kier alpha value is -1.32. The molecule has 0 fully saturated rings. The molecule has 0 spiro atoms. The van der Waals surface area contributed by atoms with Gasteiger partial charge in [0.05, 0.1) is 6.54 Å². The molecule has 1 aromatic heterocycles. The minimum atomic E-state index is 0.497. The summed E-state index contributed by atoms with van der Waals surface area (Å²) in [6.45, 7) is 6.40. The first-order chi connectivity index (χ1) is 9.20. The molecule has 0 unspecified atom stereocenters. The van der Waals surface area contributed by atoms with Crippen molar-refractivity contribution in [2.45, 2.75) is 33.0 Å². The van der Waals surface area contributed by atoms with Crippen molar-refractivity contribution in [3.8, 4) is 0 Å². The zero-order chi connectivity index (χ0) is 13.7. The largest absolute Gasteiger partial charge is 0.364 e. The van der Waals surface area contributed by atoms with Crippen molar-refractivity contribution in [3.05, 3.63) is 52.2 Å². The van der Waals surface area contributed by atoms with Gasteiger partial charge in [-0.1, -0.05) is 18.2 Å². The molecule has 3 heteroatoms. The summed E-state index contributed by atoms with van der Waals surface area (Å²) in [5.41, 5.74) is 2.62. The summed E-state index contributed by atoms with van der Waals surface area (Å²) in [7, 11) is 1.98. The van der Waals surface area contributed by atoms with Gasteiger partial charge in [0.15, 0.2) is 0 Å². The van der Waals surface area contributed by atoms with E-state index in [-0.39, 0.29) is 0 Å². The van der Waals surface area contributed by atoms with Gasteiger partial charge in [-0.3, -0.25) is 0 Å². The Morgan fingerprint density at radius 2 is 1.89 bits per heavy atom. The van der Waals surface area contributed by atoms with Crippen LogP contribution in [0.15, 0.2) is 41.8 Å². The van der Waals surface area contributed by atoms with Crippen LogP contribution in [-0.4, -0.2) is 13.1 Å². The van der Waals surface area contributed by atoms with E-state index in [1.165, 1.54) is 16.1 Å². The van der Waals surface area contributed by atoms with E-state index in [0.29, 0.717) is 6.04 Å². The maximum atomic E-state index is 3.18. The van der Waals surface area contributed by atoms with Crippen LogP contribution in [0.3, 0.4) is 0 Å². The smallest absolute Gasteiger partial charge is 0.0525 e. The first-order valence-electron chi connectivity index (χ1n) is 6.73. The van der Waals surface area contributed by atoms with Crippen molar-refractivity contribution in [1.82, 2.24) is 5.32 Å². The van der Waals surface area contributed by atoms with Crippen molar-refractivity contribution in [2.24, 2.45) is 0 Å². The Kier molecular flexibility index (Phi) is 5.00. The number of nitrogens with zero attached hydrogens (tertiary/aromatic N) is 1. The minimum Gasteiger partial charge on any atom is -0.364 e. The summed E-state index contributed by atoms with van der Waals surface area (Å²) in [5, 5.41) is 5.32. The second kappa shape index (κ2) is 6.73. The Balaban J connectivity index is 2.14. The zero-order valence-electron chi connectivity index (χ0n) is 11.9. The third-order valence-electron chi connectivity index (χ3n) is 3.18. The molecule has 0 bridgehead atoms. The highest BCUT2D eigenvalue weighted by molar-refractivity contribution is 7.09. The van der Waals surface area contributed by atoms with Crippen LogP contribution in [0, 0.1) is 0 Å². The molecule has 0 aliphatic heterocycles. The van der Waals surface area contributed by atoms with Crippen molar-refractivity contribution in [2.75, 3.05) is 11.9 Å². The van der Waals surface area contributed by atoms with Crippen LogP contribution in [0.1, 0.15) is 24.3 Å². The number of hydrogen-bond acceptors (Lipinski definition) is 3. The molecular weight excluding hydrogens is 252 g/mol. The lowest BCUT2D eigenvalue weighted by molar-refractivity contribution is 0.687. The van der Waals surface area contributed by atoms with Gasteiger partial charge in [-0.05, 0) is 50.0 Å². The number of benzene rings is 1. The van der Waals surface area contributed by atoms with Gasteiger partial charge in [0, 0.05) is 23.2 Å². The molecular formula is C16H22N2S. The summed E-state index contributed by atoms with van der Waals surface area (Å²) in [6, 6.07) is 13.7. The lowest BCUT2D eigenvalue weighted by Crippen LogP contribution is -2.29. The molecule has 1 N–H and O–H groups in total. The predicted molar refractivity (Wildman–Crippen MR) is 84.8 cm³/mol. The van der Waals surface area contributed by atoms with Gasteiger partial charge in [0.1, 0.15) is 0 Å². The molecule has 0 saturated heterocycles. The molecule has 0 saturated carbocycles. The normalized spacial score (nSPS) is 10.9. The minimum absolute atomic E-state index is 0.497. The summed E-state index contributed by atoms with van der Waals surface area (Å²) in [6.07, 6.45) is 0. The van der Waals surface area contributed by atoms with Gasteiger partial charge in [0.25, 0.3) is 0 Å². The molecule has 0 aliphatic rings. The number of nitrogens with one attached hydrogen (secondary N) is 1. The quantitative estimate of drug-likeness (QED) is 0.860. The van der Waals surface area contributed by atoms with Gasteiger partial charge in [-0.25, -0.2) is 0 Å². The molecule has 0 amide bonds. The van der Waals surface area contributed by atoms with E-state index in [1.54, 1.807) is 0 Å². The molecule has 2 rings (SSSR count). The number of anilines is 1. The van der Waals surface area contributed by atoms with Crippen molar-refractivity contribution >= 4 is 17.0 Å². The van der Waals surface area contributed by atoms with E-state index in [1.807, 2.05) is 18.4 Å². The molecule has 0 atom stereocenters. The zero-order valence-corrected chi connectivity index (χ0v) is 12.7. The Labute approximate surface area is 120 Å². The highest BCUT2D eigenvalue weighted by Crippen LogP contribution is 2.22. The van der Waals surface area contributed by atoms with E-state index in [9.17, 15) is 0 Å².